The second-order valence-electron chi connectivity index (χ2n) is 7.30. The summed E-state index contributed by atoms with van der Waals surface area (Å²) < 4.78 is 10.6. The first-order chi connectivity index (χ1) is 13.9. The van der Waals surface area contributed by atoms with Gasteiger partial charge in [-0.15, -0.1) is 0 Å². The second kappa shape index (κ2) is 8.92. The number of aryl methyl sites for hydroxylation is 1. The molecule has 0 radical (unpaired) electrons. The number of hydrogen-bond donors (Lipinski definition) is 1. The van der Waals surface area contributed by atoms with Crippen LogP contribution >= 0.6 is 0 Å². The fourth-order valence-corrected chi connectivity index (χ4v) is 3.36. The summed E-state index contributed by atoms with van der Waals surface area (Å²) in [7, 11) is 5.53. The lowest BCUT2D eigenvalue weighted by Crippen LogP contribution is -2.18. The van der Waals surface area contributed by atoms with Crippen LogP contribution in [0.3, 0.4) is 0 Å². The summed E-state index contributed by atoms with van der Waals surface area (Å²) in [6, 6.07) is 13.1. The molecule has 29 heavy (non-hydrogen) atoms. The van der Waals surface area contributed by atoms with Crippen LogP contribution in [0, 0.1) is 6.92 Å². The lowest BCUT2D eigenvalue weighted by molar-refractivity contribution is -0.116. The summed E-state index contributed by atoms with van der Waals surface area (Å²) in [4.78, 5) is 27.0. The van der Waals surface area contributed by atoms with Gasteiger partial charge in [0.05, 0.1) is 7.11 Å². The summed E-state index contributed by atoms with van der Waals surface area (Å²) in [6.45, 7) is 2.61. The number of ether oxygens (including phenoxy) is 1. The summed E-state index contributed by atoms with van der Waals surface area (Å²) in [6.07, 6.45) is 0.515. The van der Waals surface area contributed by atoms with Crippen molar-refractivity contribution in [2.24, 2.45) is 0 Å². The van der Waals surface area contributed by atoms with Crippen molar-refractivity contribution in [1.29, 1.82) is 0 Å². The van der Waals surface area contributed by atoms with Gasteiger partial charge in [0, 0.05) is 35.7 Å². The van der Waals surface area contributed by atoms with Gasteiger partial charge in [0.2, 0.25) is 5.91 Å². The lowest BCUT2D eigenvalue weighted by Gasteiger charge is -2.15. The lowest BCUT2D eigenvalue weighted by atomic mass is 10.0. The molecular weight excluding hydrogens is 368 g/mol. The molecule has 0 aliphatic rings. The third kappa shape index (κ3) is 4.84. The van der Waals surface area contributed by atoms with Gasteiger partial charge in [0.25, 0.3) is 0 Å². The van der Waals surface area contributed by atoms with Crippen LogP contribution < -0.4 is 15.7 Å². The van der Waals surface area contributed by atoms with E-state index in [0.29, 0.717) is 23.3 Å². The Morgan fingerprint density at radius 2 is 1.93 bits per heavy atom. The Morgan fingerprint density at radius 3 is 2.66 bits per heavy atom. The minimum absolute atomic E-state index is 0.134. The molecule has 3 rings (SSSR count). The molecule has 0 aliphatic heterocycles. The minimum atomic E-state index is -0.413. The monoisotopic (exact) mass is 394 g/mol. The summed E-state index contributed by atoms with van der Waals surface area (Å²) in [5.41, 5.74) is 3.27. The Hall–Kier alpha value is -3.12. The molecular formula is C23H26N2O4. The third-order valence-electron chi connectivity index (χ3n) is 4.87. The molecule has 1 amide bonds. The first-order valence-corrected chi connectivity index (χ1v) is 9.52. The SMILES string of the molecule is COc1ccc2c(C)c(CCC(=O)Nc3ccccc3CN(C)C)c(=O)oc2c1. The maximum absolute atomic E-state index is 12.5. The Balaban J connectivity index is 1.76. The summed E-state index contributed by atoms with van der Waals surface area (Å²) in [5.74, 6) is 0.494. The van der Waals surface area contributed by atoms with E-state index in [0.717, 1.165) is 28.7 Å². The zero-order valence-corrected chi connectivity index (χ0v) is 17.2. The van der Waals surface area contributed by atoms with E-state index in [9.17, 15) is 9.59 Å². The summed E-state index contributed by atoms with van der Waals surface area (Å²) in [5, 5.41) is 3.81. The maximum Gasteiger partial charge on any atom is 0.339 e. The standard InChI is InChI=1S/C23H26N2O4/c1-15-18-10-9-17(28-4)13-21(18)29-23(27)19(15)11-12-22(26)24-20-8-6-5-7-16(20)14-25(2)3/h5-10,13H,11-12,14H2,1-4H3,(H,24,26). The molecule has 1 aromatic heterocycles. The largest absolute Gasteiger partial charge is 0.497 e. The van der Waals surface area contributed by atoms with Crippen molar-refractivity contribution >= 4 is 22.6 Å². The van der Waals surface area contributed by atoms with Gasteiger partial charge in [-0.1, -0.05) is 18.2 Å². The zero-order valence-electron chi connectivity index (χ0n) is 17.2. The topological polar surface area (TPSA) is 71.8 Å². The Bertz CT molecular complexity index is 1090. The Kier molecular flexibility index (Phi) is 6.34. The van der Waals surface area contributed by atoms with Crippen molar-refractivity contribution in [1.82, 2.24) is 4.90 Å². The van der Waals surface area contributed by atoms with Crippen molar-refractivity contribution in [3.63, 3.8) is 0 Å². The smallest absolute Gasteiger partial charge is 0.339 e. The highest BCUT2D eigenvalue weighted by molar-refractivity contribution is 5.91. The van der Waals surface area contributed by atoms with Gasteiger partial charge in [-0.2, -0.15) is 0 Å². The number of para-hydroxylation sites is 1. The van der Waals surface area contributed by atoms with Gasteiger partial charge >= 0.3 is 5.63 Å². The van der Waals surface area contributed by atoms with Crippen LogP contribution in [0.5, 0.6) is 5.75 Å². The average Bonchev–Trinajstić information content (AvgIpc) is 2.68. The summed E-state index contributed by atoms with van der Waals surface area (Å²) >= 11 is 0. The highest BCUT2D eigenvalue weighted by atomic mass is 16.5. The molecule has 152 valence electrons. The van der Waals surface area contributed by atoms with Gasteiger partial charge in [0.15, 0.2) is 0 Å². The van der Waals surface area contributed by atoms with E-state index < -0.39 is 5.63 Å². The minimum Gasteiger partial charge on any atom is -0.497 e. The van der Waals surface area contributed by atoms with Crippen LogP contribution in [0.15, 0.2) is 51.7 Å². The number of amides is 1. The van der Waals surface area contributed by atoms with E-state index in [1.165, 1.54) is 0 Å². The van der Waals surface area contributed by atoms with Gasteiger partial charge in [0.1, 0.15) is 11.3 Å². The molecule has 6 heteroatoms. The van der Waals surface area contributed by atoms with Crippen LogP contribution in [-0.4, -0.2) is 32.0 Å². The number of fused-ring (bicyclic) bond motifs is 1. The molecule has 0 saturated heterocycles. The number of nitrogens with zero attached hydrogens (tertiary/aromatic N) is 1. The predicted octanol–water partition coefficient (Wildman–Crippen LogP) is 3.74. The molecule has 6 nitrogen and oxygen atoms in total. The van der Waals surface area contributed by atoms with Crippen LogP contribution in [0.4, 0.5) is 5.69 Å². The van der Waals surface area contributed by atoms with Crippen molar-refractivity contribution in [2.75, 3.05) is 26.5 Å². The van der Waals surface area contributed by atoms with E-state index in [1.807, 2.05) is 62.3 Å². The molecule has 0 atom stereocenters. The van der Waals surface area contributed by atoms with Gasteiger partial charge in [-0.25, -0.2) is 4.79 Å². The first-order valence-electron chi connectivity index (χ1n) is 9.52. The van der Waals surface area contributed by atoms with E-state index >= 15 is 0 Å². The fraction of sp³-hybridized carbons (Fsp3) is 0.304. The van der Waals surface area contributed by atoms with Crippen molar-refractivity contribution in [3.05, 3.63) is 69.6 Å². The van der Waals surface area contributed by atoms with Gasteiger partial charge in [-0.05, 0) is 56.8 Å². The zero-order chi connectivity index (χ0) is 21.0. The van der Waals surface area contributed by atoms with E-state index in [2.05, 4.69) is 5.32 Å². The Morgan fingerprint density at radius 1 is 1.17 bits per heavy atom. The molecule has 1 N–H and O–H groups in total. The molecule has 0 spiro atoms. The van der Waals surface area contributed by atoms with Gasteiger partial charge < -0.3 is 19.4 Å². The normalized spacial score (nSPS) is 11.1. The molecule has 0 unspecified atom stereocenters. The molecule has 0 fully saturated rings. The molecule has 0 bridgehead atoms. The van der Waals surface area contributed by atoms with E-state index in [-0.39, 0.29) is 12.3 Å². The second-order valence-corrected chi connectivity index (χ2v) is 7.30. The van der Waals surface area contributed by atoms with Crippen LogP contribution in [-0.2, 0) is 17.8 Å². The third-order valence-corrected chi connectivity index (χ3v) is 4.87. The van der Waals surface area contributed by atoms with Crippen molar-refractivity contribution < 1.29 is 13.9 Å². The molecule has 0 aliphatic carbocycles. The quantitative estimate of drug-likeness (QED) is 0.618. The number of benzene rings is 2. The van der Waals surface area contributed by atoms with Crippen molar-refractivity contribution in [3.8, 4) is 5.75 Å². The first kappa shape index (κ1) is 20.6. The number of carbonyl (C=O) groups excluding carboxylic acids is 1. The number of rotatable bonds is 7. The van der Waals surface area contributed by atoms with Crippen LogP contribution in [0.25, 0.3) is 11.0 Å². The maximum atomic E-state index is 12.5. The molecule has 0 saturated carbocycles. The highest BCUT2D eigenvalue weighted by Gasteiger charge is 2.14. The number of hydrogen-bond acceptors (Lipinski definition) is 5. The Labute approximate surface area is 170 Å². The molecule has 1 heterocycles. The average molecular weight is 394 g/mol. The number of anilines is 1. The molecule has 2 aromatic carbocycles. The molecule has 3 aromatic rings. The van der Waals surface area contributed by atoms with Crippen LogP contribution in [0.2, 0.25) is 0 Å². The predicted molar refractivity (Wildman–Crippen MR) is 115 cm³/mol. The van der Waals surface area contributed by atoms with Gasteiger partial charge in [-0.3, -0.25) is 4.79 Å². The number of methoxy groups -OCH3 is 1. The highest BCUT2D eigenvalue weighted by Crippen LogP contribution is 2.24. The van der Waals surface area contributed by atoms with Crippen molar-refractivity contribution in [2.45, 2.75) is 26.3 Å². The fourth-order valence-electron chi connectivity index (χ4n) is 3.36. The number of carbonyl (C=O) groups is 1. The van der Waals surface area contributed by atoms with E-state index in [4.69, 9.17) is 9.15 Å². The van der Waals surface area contributed by atoms with Crippen LogP contribution in [0.1, 0.15) is 23.1 Å². The van der Waals surface area contributed by atoms with E-state index in [1.54, 1.807) is 13.2 Å². The number of nitrogens with one attached hydrogen (secondary N) is 1.